The predicted octanol–water partition coefficient (Wildman–Crippen LogP) is 0.380. The fraction of sp³-hybridized carbons (Fsp3) is 0.875. The van der Waals surface area contributed by atoms with Gasteiger partial charge in [0.05, 0.1) is 6.10 Å². The van der Waals surface area contributed by atoms with Crippen molar-refractivity contribution in [3.63, 3.8) is 0 Å². The van der Waals surface area contributed by atoms with Gasteiger partial charge in [-0.25, -0.2) is 0 Å². The van der Waals surface area contributed by atoms with Gasteiger partial charge in [-0.2, -0.15) is 0 Å². The first-order valence-corrected chi connectivity index (χ1v) is 4.20. The molecule has 64 valence electrons. The molecule has 3 nitrogen and oxygen atoms in total. The number of carbonyl (C=O) groups excluding carboxylic acids is 1. The molecule has 0 aromatic carbocycles. The molecule has 1 heterocycles. The molecule has 0 bridgehead atoms. The topological polar surface area (TPSA) is 40.5 Å². The first-order chi connectivity index (χ1) is 5.24. The summed E-state index contributed by atoms with van der Waals surface area (Å²) >= 11 is 0. The molecule has 0 aromatic heterocycles. The summed E-state index contributed by atoms with van der Waals surface area (Å²) in [7, 11) is 0. The number of nitrogens with zero attached hydrogens (tertiary/aromatic N) is 1. The minimum atomic E-state index is -0.282. The van der Waals surface area contributed by atoms with Gasteiger partial charge in [-0.3, -0.25) is 4.79 Å². The molecule has 0 spiro atoms. The fourth-order valence-electron chi connectivity index (χ4n) is 1.34. The molecule has 0 aromatic rings. The number of amides is 1. The number of β-amino-alcohol motifs (C(OH)–C–C–N with tert-alkyl or cyclic N) is 1. The van der Waals surface area contributed by atoms with E-state index in [2.05, 4.69) is 0 Å². The number of aliphatic hydroxyl groups is 1. The van der Waals surface area contributed by atoms with Crippen molar-refractivity contribution in [2.45, 2.75) is 32.3 Å². The van der Waals surface area contributed by atoms with E-state index in [4.69, 9.17) is 5.11 Å². The van der Waals surface area contributed by atoms with Crippen LogP contribution in [0.5, 0.6) is 0 Å². The predicted molar refractivity (Wildman–Crippen MR) is 42.1 cm³/mol. The number of carbonyl (C=O) groups is 1. The van der Waals surface area contributed by atoms with Crippen molar-refractivity contribution in [1.82, 2.24) is 4.90 Å². The van der Waals surface area contributed by atoms with Crippen LogP contribution in [-0.2, 0) is 4.79 Å². The highest BCUT2D eigenvalue weighted by Crippen LogP contribution is 2.10. The zero-order valence-electron chi connectivity index (χ0n) is 6.92. The van der Waals surface area contributed by atoms with Gasteiger partial charge in [0.25, 0.3) is 0 Å². The molecule has 1 aliphatic heterocycles. The SMILES string of the molecule is CCCC(=O)N1CC[C@H](O)C1. The van der Waals surface area contributed by atoms with E-state index in [1.807, 2.05) is 6.92 Å². The molecule has 1 atom stereocenters. The fourth-order valence-corrected chi connectivity index (χ4v) is 1.34. The standard InChI is InChI=1S/C8H15NO2/c1-2-3-8(11)9-5-4-7(10)6-9/h7,10H,2-6H2,1H3/t7-/m0/s1. The smallest absolute Gasteiger partial charge is 0.222 e. The Morgan fingerprint density at radius 2 is 2.45 bits per heavy atom. The quantitative estimate of drug-likeness (QED) is 0.629. The first kappa shape index (κ1) is 8.53. The van der Waals surface area contributed by atoms with Crippen molar-refractivity contribution in [3.8, 4) is 0 Å². The van der Waals surface area contributed by atoms with E-state index < -0.39 is 0 Å². The van der Waals surface area contributed by atoms with E-state index in [0.717, 1.165) is 19.4 Å². The van der Waals surface area contributed by atoms with Gasteiger partial charge in [0.2, 0.25) is 5.91 Å². The Labute approximate surface area is 67.0 Å². The zero-order chi connectivity index (χ0) is 8.27. The molecule has 1 fully saturated rings. The summed E-state index contributed by atoms with van der Waals surface area (Å²) in [6.45, 7) is 3.27. The van der Waals surface area contributed by atoms with Crippen LogP contribution in [0.4, 0.5) is 0 Å². The summed E-state index contributed by atoms with van der Waals surface area (Å²) in [4.78, 5) is 12.9. The van der Waals surface area contributed by atoms with Crippen LogP contribution in [0.3, 0.4) is 0 Å². The Kier molecular flexibility index (Phi) is 2.88. The number of hydrogen-bond donors (Lipinski definition) is 1. The van der Waals surface area contributed by atoms with Crippen molar-refractivity contribution in [3.05, 3.63) is 0 Å². The second-order valence-corrected chi connectivity index (χ2v) is 3.03. The van der Waals surface area contributed by atoms with Gasteiger partial charge in [-0.05, 0) is 12.8 Å². The second kappa shape index (κ2) is 3.72. The van der Waals surface area contributed by atoms with E-state index in [9.17, 15) is 4.79 Å². The van der Waals surface area contributed by atoms with Crippen LogP contribution < -0.4 is 0 Å². The van der Waals surface area contributed by atoms with Gasteiger partial charge in [-0.1, -0.05) is 6.92 Å². The van der Waals surface area contributed by atoms with Crippen LogP contribution in [0, 0.1) is 0 Å². The minimum absolute atomic E-state index is 0.184. The summed E-state index contributed by atoms with van der Waals surface area (Å²) in [6.07, 6.45) is 1.98. The molecular weight excluding hydrogens is 142 g/mol. The van der Waals surface area contributed by atoms with E-state index in [1.165, 1.54) is 0 Å². The van der Waals surface area contributed by atoms with Gasteiger partial charge in [-0.15, -0.1) is 0 Å². The Bertz CT molecular complexity index is 147. The Morgan fingerprint density at radius 3 is 2.91 bits per heavy atom. The molecule has 3 heteroatoms. The molecule has 1 N–H and O–H groups in total. The molecule has 1 saturated heterocycles. The molecule has 11 heavy (non-hydrogen) atoms. The largest absolute Gasteiger partial charge is 0.391 e. The second-order valence-electron chi connectivity index (χ2n) is 3.03. The zero-order valence-corrected chi connectivity index (χ0v) is 6.92. The monoisotopic (exact) mass is 157 g/mol. The Balaban J connectivity index is 2.31. The number of hydrogen-bond acceptors (Lipinski definition) is 2. The summed E-state index contributed by atoms with van der Waals surface area (Å²) in [5, 5.41) is 9.12. The first-order valence-electron chi connectivity index (χ1n) is 4.20. The summed E-state index contributed by atoms with van der Waals surface area (Å²) < 4.78 is 0. The van der Waals surface area contributed by atoms with Crippen molar-refractivity contribution < 1.29 is 9.90 Å². The maximum atomic E-state index is 11.2. The van der Waals surface area contributed by atoms with Crippen molar-refractivity contribution >= 4 is 5.91 Å². The third-order valence-electron chi connectivity index (χ3n) is 1.98. The number of likely N-dealkylation sites (tertiary alicyclic amines) is 1. The molecule has 1 rings (SSSR count). The van der Waals surface area contributed by atoms with Crippen LogP contribution in [0.1, 0.15) is 26.2 Å². The number of rotatable bonds is 2. The van der Waals surface area contributed by atoms with Crippen molar-refractivity contribution in [2.75, 3.05) is 13.1 Å². The number of aliphatic hydroxyl groups excluding tert-OH is 1. The third kappa shape index (κ3) is 2.19. The van der Waals surface area contributed by atoms with Gasteiger partial charge < -0.3 is 10.0 Å². The van der Waals surface area contributed by atoms with E-state index >= 15 is 0 Å². The van der Waals surface area contributed by atoms with Crippen LogP contribution in [0.2, 0.25) is 0 Å². The average molecular weight is 157 g/mol. The minimum Gasteiger partial charge on any atom is -0.391 e. The van der Waals surface area contributed by atoms with Gasteiger partial charge in [0, 0.05) is 19.5 Å². The van der Waals surface area contributed by atoms with E-state index in [0.29, 0.717) is 13.0 Å². The highest BCUT2D eigenvalue weighted by atomic mass is 16.3. The molecule has 0 radical (unpaired) electrons. The maximum absolute atomic E-state index is 11.2. The van der Waals surface area contributed by atoms with Crippen LogP contribution >= 0.6 is 0 Å². The van der Waals surface area contributed by atoms with Crippen molar-refractivity contribution in [1.29, 1.82) is 0 Å². The molecule has 0 unspecified atom stereocenters. The molecular formula is C8H15NO2. The van der Waals surface area contributed by atoms with Crippen molar-refractivity contribution in [2.24, 2.45) is 0 Å². The van der Waals surface area contributed by atoms with Gasteiger partial charge >= 0.3 is 0 Å². The highest BCUT2D eigenvalue weighted by molar-refractivity contribution is 5.76. The van der Waals surface area contributed by atoms with Gasteiger partial charge in [0.1, 0.15) is 0 Å². The lowest BCUT2D eigenvalue weighted by molar-refractivity contribution is -0.130. The van der Waals surface area contributed by atoms with E-state index in [1.54, 1.807) is 4.90 Å². The average Bonchev–Trinajstić information content (AvgIpc) is 2.36. The van der Waals surface area contributed by atoms with Crippen LogP contribution in [-0.4, -0.2) is 35.1 Å². The highest BCUT2D eigenvalue weighted by Gasteiger charge is 2.23. The lowest BCUT2D eigenvalue weighted by Gasteiger charge is -2.14. The third-order valence-corrected chi connectivity index (χ3v) is 1.98. The summed E-state index contributed by atoms with van der Waals surface area (Å²) in [5.74, 6) is 0.184. The molecule has 0 aliphatic carbocycles. The Hall–Kier alpha value is -0.570. The Morgan fingerprint density at radius 1 is 1.73 bits per heavy atom. The molecule has 1 amide bonds. The summed E-state index contributed by atoms with van der Waals surface area (Å²) in [6, 6.07) is 0. The normalized spacial score (nSPS) is 24.2. The molecule has 0 saturated carbocycles. The summed E-state index contributed by atoms with van der Waals surface area (Å²) in [5.41, 5.74) is 0. The van der Waals surface area contributed by atoms with Gasteiger partial charge in [0.15, 0.2) is 0 Å². The van der Waals surface area contributed by atoms with Crippen LogP contribution in [0.15, 0.2) is 0 Å². The maximum Gasteiger partial charge on any atom is 0.222 e. The van der Waals surface area contributed by atoms with Crippen LogP contribution in [0.25, 0.3) is 0 Å². The molecule has 1 aliphatic rings. The lowest BCUT2D eigenvalue weighted by atomic mass is 10.3. The lowest BCUT2D eigenvalue weighted by Crippen LogP contribution is -2.29. The van der Waals surface area contributed by atoms with E-state index in [-0.39, 0.29) is 12.0 Å².